The van der Waals surface area contributed by atoms with E-state index in [1.165, 1.54) is 12.8 Å². The van der Waals surface area contributed by atoms with Crippen molar-refractivity contribution in [3.8, 4) is 0 Å². The third-order valence-electron chi connectivity index (χ3n) is 2.81. The van der Waals surface area contributed by atoms with Gasteiger partial charge in [0.1, 0.15) is 0 Å². The summed E-state index contributed by atoms with van der Waals surface area (Å²) in [5.74, 6) is 0.866. The predicted octanol–water partition coefficient (Wildman–Crippen LogP) is 1.13. The van der Waals surface area contributed by atoms with Crippen LogP contribution in [0.5, 0.6) is 0 Å². The van der Waals surface area contributed by atoms with E-state index in [4.69, 9.17) is 10.5 Å². The van der Waals surface area contributed by atoms with Gasteiger partial charge in [0.15, 0.2) is 0 Å². The first-order chi connectivity index (χ1) is 6.64. The molecule has 1 fully saturated rings. The van der Waals surface area contributed by atoms with Crippen molar-refractivity contribution in [2.45, 2.75) is 38.6 Å². The van der Waals surface area contributed by atoms with E-state index in [0.29, 0.717) is 0 Å². The Morgan fingerprint density at radius 1 is 1.50 bits per heavy atom. The first-order valence-electron chi connectivity index (χ1n) is 5.71. The summed E-state index contributed by atoms with van der Waals surface area (Å²) < 4.78 is 5.50. The van der Waals surface area contributed by atoms with Gasteiger partial charge in [0.25, 0.3) is 0 Å². The van der Waals surface area contributed by atoms with Gasteiger partial charge in [-0.25, -0.2) is 0 Å². The molecule has 0 amide bonds. The van der Waals surface area contributed by atoms with Gasteiger partial charge < -0.3 is 15.8 Å². The van der Waals surface area contributed by atoms with Crippen LogP contribution in [0.1, 0.15) is 33.1 Å². The fourth-order valence-electron chi connectivity index (χ4n) is 1.18. The van der Waals surface area contributed by atoms with E-state index in [0.717, 1.165) is 38.6 Å². The SMILES string of the molecule is CCC(C)(N)CNCCOCC1CC1. The molecular formula is C11H24N2O. The molecular weight excluding hydrogens is 176 g/mol. The Morgan fingerprint density at radius 2 is 2.21 bits per heavy atom. The molecule has 0 radical (unpaired) electrons. The van der Waals surface area contributed by atoms with Crippen LogP contribution in [-0.2, 0) is 4.74 Å². The summed E-state index contributed by atoms with van der Waals surface area (Å²) >= 11 is 0. The van der Waals surface area contributed by atoms with Crippen molar-refractivity contribution in [1.82, 2.24) is 5.32 Å². The van der Waals surface area contributed by atoms with Gasteiger partial charge in [-0.15, -0.1) is 0 Å². The van der Waals surface area contributed by atoms with Crippen LogP contribution < -0.4 is 11.1 Å². The summed E-state index contributed by atoms with van der Waals surface area (Å²) in [5, 5.41) is 3.32. The van der Waals surface area contributed by atoms with E-state index in [2.05, 4.69) is 19.2 Å². The molecule has 3 nitrogen and oxygen atoms in total. The van der Waals surface area contributed by atoms with Gasteiger partial charge >= 0.3 is 0 Å². The van der Waals surface area contributed by atoms with E-state index >= 15 is 0 Å². The Hall–Kier alpha value is -0.120. The topological polar surface area (TPSA) is 47.3 Å². The van der Waals surface area contributed by atoms with Crippen LogP contribution in [0.4, 0.5) is 0 Å². The van der Waals surface area contributed by atoms with Gasteiger partial charge in [0.05, 0.1) is 6.61 Å². The van der Waals surface area contributed by atoms with Gasteiger partial charge in [0, 0.05) is 25.2 Å². The highest BCUT2D eigenvalue weighted by Gasteiger charge is 2.20. The molecule has 0 heterocycles. The lowest BCUT2D eigenvalue weighted by atomic mass is 10.0. The molecule has 0 aromatic rings. The van der Waals surface area contributed by atoms with Crippen molar-refractivity contribution >= 4 is 0 Å². The highest BCUT2D eigenvalue weighted by Crippen LogP contribution is 2.28. The van der Waals surface area contributed by atoms with Gasteiger partial charge in [-0.1, -0.05) is 6.92 Å². The molecule has 1 atom stereocenters. The molecule has 0 aliphatic heterocycles. The number of nitrogens with two attached hydrogens (primary N) is 1. The van der Waals surface area contributed by atoms with Crippen molar-refractivity contribution in [3.05, 3.63) is 0 Å². The standard InChI is InChI=1S/C11H24N2O/c1-3-11(2,12)9-13-6-7-14-8-10-4-5-10/h10,13H,3-9,12H2,1-2H3. The highest BCUT2D eigenvalue weighted by molar-refractivity contribution is 4.79. The normalized spacial score (nSPS) is 20.8. The third kappa shape index (κ3) is 5.58. The maximum atomic E-state index is 5.99. The van der Waals surface area contributed by atoms with Crippen LogP contribution in [0.15, 0.2) is 0 Å². The third-order valence-corrected chi connectivity index (χ3v) is 2.81. The Kier molecular flexibility index (Phi) is 4.85. The number of rotatable bonds is 8. The van der Waals surface area contributed by atoms with Gasteiger partial charge in [-0.2, -0.15) is 0 Å². The number of hydrogen-bond donors (Lipinski definition) is 2. The lowest BCUT2D eigenvalue weighted by molar-refractivity contribution is 0.125. The monoisotopic (exact) mass is 200 g/mol. The molecule has 84 valence electrons. The maximum absolute atomic E-state index is 5.99. The van der Waals surface area contributed by atoms with Gasteiger partial charge in [0.2, 0.25) is 0 Å². The zero-order valence-corrected chi connectivity index (χ0v) is 9.51. The summed E-state index contributed by atoms with van der Waals surface area (Å²) in [5.41, 5.74) is 5.91. The fourth-order valence-corrected chi connectivity index (χ4v) is 1.18. The number of nitrogens with one attached hydrogen (secondary N) is 1. The van der Waals surface area contributed by atoms with E-state index < -0.39 is 0 Å². The second kappa shape index (κ2) is 5.69. The first-order valence-corrected chi connectivity index (χ1v) is 5.71. The minimum atomic E-state index is -0.0729. The van der Waals surface area contributed by atoms with E-state index in [1.54, 1.807) is 0 Å². The predicted molar refractivity (Wildman–Crippen MR) is 59.3 cm³/mol. The Bertz CT molecular complexity index is 155. The van der Waals surface area contributed by atoms with Gasteiger partial charge in [-0.05, 0) is 32.1 Å². The Labute approximate surface area is 87.4 Å². The van der Waals surface area contributed by atoms with Crippen LogP contribution in [-0.4, -0.2) is 31.8 Å². The molecule has 1 rings (SSSR count). The van der Waals surface area contributed by atoms with E-state index in [1.807, 2.05) is 0 Å². The molecule has 14 heavy (non-hydrogen) atoms. The molecule has 1 aliphatic carbocycles. The molecule has 0 spiro atoms. The minimum absolute atomic E-state index is 0.0729. The summed E-state index contributed by atoms with van der Waals surface area (Å²) in [6.07, 6.45) is 3.73. The molecule has 1 aliphatic rings. The Morgan fingerprint density at radius 3 is 2.79 bits per heavy atom. The lowest BCUT2D eigenvalue weighted by Crippen LogP contribution is -2.46. The van der Waals surface area contributed by atoms with Crippen molar-refractivity contribution < 1.29 is 4.74 Å². The van der Waals surface area contributed by atoms with Crippen LogP contribution >= 0.6 is 0 Å². The van der Waals surface area contributed by atoms with Crippen molar-refractivity contribution in [2.24, 2.45) is 11.7 Å². The molecule has 1 unspecified atom stereocenters. The molecule has 3 heteroatoms. The number of hydrogen-bond acceptors (Lipinski definition) is 3. The molecule has 0 aromatic heterocycles. The average Bonchev–Trinajstić information content (AvgIpc) is 2.95. The van der Waals surface area contributed by atoms with Crippen LogP contribution in [0.25, 0.3) is 0 Å². The van der Waals surface area contributed by atoms with E-state index in [9.17, 15) is 0 Å². The lowest BCUT2D eigenvalue weighted by Gasteiger charge is -2.22. The largest absolute Gasteiger partial charge is 0.380 e. The molecule has 0 saturated heterocycles. The molecule has 1 saturated carbocycles. The summed E-state index contributed by atoms with van der Waals surface area (Å²) in [7, 11) is 0. The zero-order valence-electron chi connectivity index (χ0n) is 9.51. The first kappa shape index (κ1) is 12.0. The fraction of sp³-hybridized carbons (Fsp3) is 1.00. The quantitative estimate of drug-likeness (QED) is 0.577. The highest BCUT2D eigenvalue weighted by atomic mass is 16.5. The van der Waals surface area contributed by atoms with Crippen LogP contribution in [0, 0.1) is 5.92 Å². The second-order valence-electron chi connectivity index (χ2n) is 4.70. The summed E-state index contributed by atoms with van der Waals surface area (Å²) in [4.78, 5) is 0. The molecule has 0 bridgehead atoms. The van der Waals surface area contributed by atoms with Crippen LogP contribution in [0.3, 0.4) is 0 Å². The smallest absolute Gasteiger partial charge is 0.0591 e. The number of ether oxygens (including phenoxy) is 1. The summed E-state index contributed by atoms with van der Waals surface area (Å²) in [6, 6.07) is 0. The molecule has 3 N–H and O–H groups in total. The Balaban J connectivity index is 1.83. The van der Waals surface area contributed by atoms with Crippen LogP contribution in [0.2, 0.25) is 0 Å². The molecule has 0 aromatic carbocycles. The van der Waals surface area contributed by atoms with Crippen molar-refractivity contribution in [3.63, 3.8) is 0 Å². The zero-order chi connectivity index (χ0) is 10.4. The van der Waals surface area contributed by atoms with Gasteiger partial charge in [-0.3, -0.25) is 0 Å². The second-order valence-corrected chi connectivity index (χ2v) is 4.70. The summed E-state index contributed by atoms with van der Waals surface area (Å²) in [6.45, 7) is 7.75. The maximum Gasteiger partial charge on any atom is 0.0591 e. The van der Waals surface area contributed by atoms with Crippen molar-refractivity contribution in [1.29, 1.82) is 0 Å². The van der Waals surface area contributed by atoms with Crippen molar-refractivity contribution in [2.75, 3.05) is 26.3 Å². The minimum Gasteiger partial charge on any atom is -0.380 e. The average molecular weight is 200 g/mol. The van der Waals surface area contributed by atoms with E-state index in [-0.39, 0.29) is 5.54 Å².